The van der Waals surface area contributed by atoms with E-state index in [0.717, 1.165) is 183 Å². The van der Waals surface area contributed by atoms with Gasteiger partial charge in [0.25, 0.3) is 0 Å². The van der Waals surface area contributed by atoms with Crippen LogP contribution in [0.15, 0.2) is 443 Å². The van der Waals surface area contributed by atoms with Crippen LogP contribution in [0.25, 0.3) is 244 Å². The number of benzene rings is 19. The SMILES string of the molecule is c1ccc(-c2cccc(-c3nc(-n4c5cc(-c6ccc7c(c6)c6ccccc6n7-c6ccccc6)ccc5c5ccc(-c6ccc7c(c6)c6ccccc6n7-c6ccccc6)cc54)nc(-n4c5cc(-c6ccc7c(c6)c6ccccc6n7-c6ccccc6)ccc5c5ccc(-c6ccc7c(c6)c6ccccc6n7-c6ccccc6)cc54)n3)c2-c2ccccc2)cc1. The fraction of sp³-hybridized carbons (Fsp3) is 0. The zero-order valence-corrected chi connectivity index (χ0v) is 68.2. The molecule has 0 N–H and O–H groups in total. The molecule has 0 saturated carbocycles. The van der Waals surface area contributed by atoms with Crippen LogP contribution < -0.4 is 0 Å². The van der Waals surface area contributed by atoms with Crippen LogP contribution in [-0.2, 0) is 0 Å². The third-order valence-electron chi connectivity index (χ3n) is 26.1. The Balaban J connectivity index is 0.760. The highest BCUT2D eigenvalue weighted by Gasteiger charge is 2.28. The van der Waals surface area contributed by atoms with Gasteiger partial charge in [0, 0.05) is 98.5 Å². The molecule has 0 aliphatic rings. The monoisotopic (exact) mass is 1600 g/mol. The molecule has 0 atom stereocenters. The van der Waals surface area contributed by atoms with Crippen LogP contribution in [0, 0.1) is 0 Å². The van der Waals surface area contributed by atoms with E-state index in [-0.39, 0.29) is 0 Å². The molecule has 7 aromatic heterocycles. The molecule has 0 saturated heterocycles. The Bertz CT molecular complexity index is 8060. The molecule has 26 aromatic rings. The Hall–Kier alpha value is -17.0. The van der Waals surface area contributed by atoms with E-state index in [2.05, 4.69) is 470 Å². The van der Waals surface area contributed by atoms with Gasteiger partial charge in [0.2, 0.25) is 11.9 Å². The summed E-state index contributed by atoms with van der Waals surface area (Å²) in [5.74, 6) is 1.43. The first-order valence-electron chi connectivity index (χ1n) is 43.0. The van der Waals surface area contributed by atoms with E-state index in [1.165, 1.54) is 43.1 Å². The summed E-state index contributed by atoms with van der Waals surface area (Å²) in [4.78, 5) is 18.3. The summed E-state index contributed by atoms with van der Waals surface area (Å²) in [7, 11) is 0. The Morgan fingerprint density at radius 2 is 0.373 bits per heavy atom. The van der Waals surface area contributed by atoms with E-state index in [0.29, 0.717) is 17.7 Å². The van der Waals surface area contributed by atoms with E-state index < -0.39 is 0 Å². The molecule has 9 heteroatoms. The molecule has 0 spiro atoms. The van der Waals surface area contributed by atoms with E-state index in [4.69, 9.17) is 15.0 Å². The molecular formula is C117H73N9. The fourth-order valence-corrected chi connectivity index (χ4v) is 20.4. The van der Waals surface area contributed by atoms with Crippen LogP contribution in [0.2, 0.25) is 0 Å². The van der Waals surface area contributed by atoms with Crippen LogP contribution in [0.1, 0.15) is 0 Å². The number of para-hydroxylation sites is 8. The van der Waals surface area contributed by atoms with Gasteiger partial charge < -0.3 is 18.3 Å². The lowest BCUT2D eigenvalue weighted by atomic mass is 9.90. The van der Waals surface area contributed by atoms with Gasteiger partial charge in [0.15, 0.2) is 5.82 Å². The molecule has 26 rings (SSSR count). The average Bonchev–Trinajstić information content (AvgIpc) is 1.58. The van der Waals surface area contributed by atoms with Crippen molar-refractivity contribution in [2.24, 2.45) is 0 Å². The van der Waals surface area contributed by atoms with Crippen molar-refractivity contribution in [3.05, 3.63) is 443 Å². The van der Waals surface area contributed by atoms with Gasteiger partial charge in [0.05, 0.1) is 66.2 Å². The standard InChI is InChI=1S/C117H73N9/c1-7-28-74(29-8-1)88-44-27-45-97(114(88)75-30-9-2-10-31-75)115-118-116(125-110-70-80(76-54-62-106-98(66-76)89-40-19-23-46-102(89)121(106)84-32-11-3-12-33-84)50-58-93(110)94-59-51-81(71-111(94)125)77-55-63-107-99(67-77)90-41-20-24-47-103(90)122(107)85-34-13-4-14-35-85)120-117(119-115)126-112-72-82(78-56-64-108-100(68-78)91-42-21-25-48-104(91)123(108)86-36-15-5-16-37-86)52-60-95(112)96-61-53-83(73-113(96)126)79-57-65-109-101(69-79)92-43-22-26-49-105(92)124(109)87-38-17-6-18-39-87/h1-73H. The zero-order valence-electron chi connectivity index (χ0n) is 68.2. The number of aromatic nitrogens is 9. The average molecular weight is 1600 g/mol. The van der Waals surface area contributed by atoms with Gasteiger partial charge in [-0.1, -0.05) is 297 Å². The van der Waals surface area contributed by atoms with Gasteiger partial charge in [0.1, 0.15) is 0 Å². The minimum absolute atomic E-state index is 0.457. The van der Waals surface area contributed by atoms with Crippen molar-refractivity contribution in [2.75, 3.05) is 0 Å². The van der Waals surface area contributed by atoms with Crippen LogP contribution >= 0.6 is 0 Å². The maximum atomic E-state index is 6.16. The van der Waals surface area contributed by atoms with Crippen molar-refractivity contribution in [3.63, 3.8) is 0 Å². The van der Waals surface area contributed by atoms with Crippen molar-refractivity contribution in [3.8, 4) is 113 Å². The van der Waals surface area contributed by atoms with Crippen molar-refractivity contribution in [1.29, 1.82) is 0 Å². The number of hydrogen-bond acceptors (Lipinski definition) is 3. The van der Waals surface area contributed by atoms with E-state index in [1.807, 2.05) is 0 Å². The molecule has 0 aliphatic heterocycles. The highest BCUT2D eigenvalue weighted by atomic mass is 15.3. The normalized spacial score (nSPS) is 12.0. The summed E-state index contributed by atoms with van der Waals surface area (Å²) in [5, 5.41) is 13.7. The Morgan fingerprint density at radius 3 is 0.683 bits per heavy atom. The lowest BCUT2D eigenvalue weighted by molar-refractivity contribution is 0.893. The van der Waals surface area contributed by atoms with Gasteiger partial charge in [-0.05, 0) is 207 Å². The summed E-state index contributed by atoms with van der Waals surface area (Å²) < 4.78 is 14.2. The number of nitrogens with zero attached hydrogens (tertiary/aromatic N) is 9. The van der Waals surface area contributed by atoms with Gasteiger partial charge in [-0.2, -0.15) is 15.0 Å². The molecule has 19 aromatic carbocycles. The smallest absolute Gasteiger partial charge is 0.240 e. The van der Waals surface area contributed by atoms with E-state index >= 15 is 0 Å². The van der Waals surface area contributed by atoms with Crippen molar-refractivity contribution >= 4 is 131 Å². The summed E-state index contributed by atoms with van der Waals surface area (Å²) in [5.41, 5.74) is 31.0. The molecule has 586 valence electrons. The van der Waals surface area contributed by atoms with Gasteiger partial charge in [-0.25, -0.2) is 0 Å². The number of hydrogen-bond donors (Lipinski definition) is 0. The van der Waals surface area contributed by atoms with Crippen LogP contribution in [0.4, 0.5) is 0 Å². The Morgan fingerprint density at radius 1 is 0.135 bits per heavy atom. The first kappa shape index (κ1) is 70.8. The molecule has 0 fully saturated rings. The van der Waals surface area contributed by atoms with E-state index in [9.17, 15) is 0 Å². The summed E-state index contributed by atoms with van der Waals surface area (Å²) >= 11 is 0. The predicted molar refractivity (Wildman–Crippen MR) is 524 cm³/mol. The second kappa shape index (κ2) is 28.3. The summed E-state index contributed by atoms with van der Waals surface area (Å²) in [6.45, 7) is 0. The zero-order chi connectivity index (χ0) is 82.6. The third-order valence-corrected chi connectivity index (χ3v) is 26.1. The second-order valence-electron chi connectivity index (χ2n) is 33.0. The van der Waals surface area contributed by atoms with Crippen LogP contribution in [0.3, 0.4) is 0 Å². The largest absolute Gasteiger partial charge is 0.309 e. The van der Waals surface area contributed by atoms with Crippen molar-refractivity contribution < 1.29 is 0 Å². The number of rotatable bonds is 13. The van der Waals surface area contributed by atoms with Crippen LogP contribution in [-0.4, -0.2) is 42.4 Å². The molecule has 0 bridgehead atoms. The number of fused-ring (bicyclic) bond motifs is 18. The third kappa shape index (κ3) is 11.1. The first-order chi connectivity index (χ1) is 62.5. The van der Waals surface area contributed by atoms with Crippen molar-refractivity contribution in [2.45, 2.75) is 0 Å². The highest BCUT2D eigenvalue weighted by Crippen LogP contribution is 2.47. The molecule has 0 aliphatic carbocycles. The van der Waals surface area contributed by atoms with Gasteiger partial charge >= 0.3 is 0 Å². The van der Waals surface area contributed by atoms with Gasteiger partial charge in [-0.3, -0.25) is 9.13 Å². The maximum Gasteiger partial charge on any atom is 0.240 e. The topological polar surface area (TPSA) is 68.2 Å². The molecule has 126 heavy (non-hydrogen) atoms. The molecule has 0 radical (unpaired) electrons. The molecular weight excluding hydrogens is 1530 g/mol. The Labute approximate surface area is 724 Å². The van der Waals surface area contributed by atoms with Gasteiger partial charge in [-0.15, -0.1) is 0 Å². The first-order valence-corrected chi connectivity index (χ1v) is 43.0. The molecule has 0 unspecified atom stereocenters. The summed E-state index contributed by atoms with van der Waals surface area (Å²) in [6, 6.07) is 162. The molecule has 9 nitrogen and oxygen atoms in total. The minimum Gasteiger partial charge on any atom is -0.309 e. The molecule has 0 amide bonds. The molecule has 7 heterocycles. The van der Waals surface area contributed by atoms with Crippen LogP contribution in [0.5, 0.6) is 0 Å². The quantitative estimate of drug-likeness (QED) is 0.116. The lowest BCUT2D eigenvalue weighted by Gasteiger charge is -2.17. The predicted octanol–water partition coefficient (Wildman–Crippen LogP) is 30.1. The lowest BCUT2D eigenvalue weighted by Crippen LogP contribution is -2.11. The van der Waals surface area contributed by atoms with Crippen molar-refractivity contribution in [1.82, 2.24) is 42.4 Å². The Kier molecular flexibility index (Phi) is 15.9. The fourth-order valence-electron chi connectivity index (χ4n) is 20.4. The minimum atomic E-state index is 0.457. The second-order valence-corrected chi connectivity index (χ2v) is 33.0. The van der Waals surface area contributed by atoms with E-state index in [1.54, 1.807) is 0 Å². The summed E-state index contributed by atoms with van der Waals surface area (Å²) in [6.07, 6.45) is 0. The highest BCUT2D eigenvalue weighted by molar-refractivity contribution is 6.18. The maximum absolute atomic E-state index is 6.16.